The normalized spacial score (nSPS) is 12.9. The van der Waals surface area contributed by atoms with Crippen LogP contribution in [0.3, 0.4) is 0 Å². The molecule has 0 bridgehead atoms. The highest BCUT2D eigenvalue weighted by Crippen LogP contribution is 2.27. The van der Waals surface area contributed by atoms with Crippen molar-refractivity contribution >= 4 is 5.91 Å². The topological polar surface area (TPSA) is 69.6 Å². The Morgan fingerprint density at radius 1 is 1.27 bits per heavy atom. The minimum absolute atomic E-state index is 0.398. The van der Waals surface area contributed by atoms with Crippen LogP contribution in [0.25, 0.3) is 0 Å². The van der Waals surface area contributed by atoms with Crippen molar-refractivity contribution in [3.05, 3.63) is 0 Å². The zero-order valence-electron chi connectivity index (χ0n) is 7.30. The highest BCUT2D eigenvalue weighted by molar-refractivity contribution is 5.82. The van der Waals surface area contributed by atoms with Gasteiger partial charge in [0, 0.05) is 7.05 Å². The zero-order chi connectivity index (χ0) is 9.28. The molecule has 11 heavy (non-hydrogen) atoms. The quantitative estimate of drug-likeness (QED) is 0.476. The van der Waals surface area contributed by atoms with Gasteiger partial charge in [-0.15, -0.1) is 0 Å². The van der Waals surface area contributed by atoms with E-state index in [-0.39, 0.29) is 0 Å². The van der Waals surface area contributed by atoms with Gasteiger partial charge in [-0.05, 0) is 20.8 Å². The van der Waals surface area contributed by atoms with Crippen molar-refractivity contribution in [3.8, 4) is 0 Å². The standard InChI is InChI=1S/C7H15NO3/c1-6(2,5(9)8-4)7(3,10)11/h10-11H,1-4H3,(H,8,9). The maximum atomic E-state index is 11.0. The lowest BCUT2D eigenvalue weighted by molar-refractivity contribution is -0.217. The summed E-state index contributed by atoms with van der Waals surface area (Å²) in [5.41, 5.74) is -1.19. The second-order valence-electron chi connectivity index (χ2n) is 3.22. The van der Waals surface area contributed by atoms with Crippen LogP contribution in [0.2, 0.25) is 0 Å². The van der Waals surface area contributed by atoms with Crippen LogP contribution in [0.4, 0.5) is 0 Å². The van der Waals surface area contributed by atoms with E-state index in [1.165, 1.54) is 27.8 Å². The third-order valence-corrected chi connectivity index (χ3v) is 1.98. The molecule has 0 heterocycles. The van der Waals surface area contributed by atoms with Gasteiger partial charge in [-0.1, -0.05) is 0 Å². The van der Waals surface area contributed by atoms with Crippen LogP contribution in [0.1, 0.15) is 20.8 Å². The molecule has 0 radical (unpaired) electrons. The van der Waals surface area contributed by atoms with Gasteiger partial charge in [0.1, 0.15) is 0 Å². The Kier molecular flexibility index (Phi) is 2.64. The number of hydrogen-bond acceptors (Lipinski definition) is 3. The van der Waals surface area contributed by atoms with Crippen LogP contribution in [0.15, 0.2) is 0 Å². The molecule has 66 valence electrons. The monoisotopic (exact) mass is 161 g/mol. The number of amides is 1. The largest absolute Gasteiger partial charge is 0.365 e. The van der Waals surface area contributed by atoms with Crippen LogP contribution >= 0.6 is 0 Å². The summed E-state index contributed by atoms with van der Waals surface area (Å²) in [6.45, 7) is 4.11. The van der Waals surface area contributed by atoms with E-state index >= 15 is 0 Å². The molecule has 0 unspecified atom stereocenters. The summed E-state index contributed by atoms with van der Waals surface area (Å²) in [7, 11) is 1.45. The summed E-state index contributed by atoms with van der Waals surface area (Å²) in [5.74, 6) is -2.39. The maximum absolute atomic E-state index is 11.0. The van der Waals surface area contributed by atoms with Crippen LogP contribution in [0, 0.1) is 5.41 Å². The van der Waals surface area contributed by atoms with Crippen molar-refractivity contribution in [2.24, 2.45) is 5.41 Å². The Morgan fingerprint density at radius 3 is 1.73 bits per heavy atom. The lowest BCUT2D eigenvalue weighted by Crippen LogP contribution is -2.51. The summed E-state index contributed by atoms with van der Waals surface area (Å²) in [6, 6.07) is 0. The van der Waals surface area contributed by atoms with Gasteiger partial charge in [-0.2, -0.15) is 0 Å². The van der Waals surface area contributed by atoms with Gasteiger partial charge in [0.2, 0.25) is 5.91 Å². The molecule has 0 atom stereocenters. The first-order valence-electron chi connectivity index (χ1n) is 3.40. The Hall–Kier alpha value is -0.610. The van der Waals surface area contributed by atoms with Crippen LogP contribution in [-0.4, -0.2) is 29.0 Å². The number of aliphatic hydroxyl groups is 2. The first-order valence-corrected chi connectivity index (χ1v) is 3.40. The minimum Gasteiger partial charge on any atom is -0.365 e. The third kappa shape index (κ3) is 1.91. The minimum atomic E-state index is -1.99. The predicted octanol–water partition coefficient (Wildman–Crippen LogP) is -0.541. The molecule has 0 aliphatic carbocycles. The van der Waals surface area contributed by atoms with E-state index in [4.69, 9.17) is 10.2 Å². The number of nitrogens with one attached hydrogen (secondary N) is 1. The van der Waals surface area contributed by atoms with Crippen molar-refractivity contribution in [1.29, 1.82) is 0 Å². The molecule has 0 aromatic carbocycles. The Labute approximate surface area is 66.2 Å². The van der Waals surface area contributed by atoms with Crippen molar-refractivity contribution in [1.82, 2.24) is 5.32 Å². The fraction of sp³-hybridized carbons (Fsp3) is 0.857. The fourth-order valence-corrected chi connectivity index (χ4v) is 0.528. The predicted molar refractivity (Wildman–Crippen MR) is 40.7 cm³/mol. The fourth-order valence-electron chi connectivity index (χ4n) is 0.528. The number of carbonyl (C=O) groups is 1. The molecule has 0 saturated carbocycles. The second kappa shape index (κ2) is 2.79. The maximum Gasteiger partial charge on any atom is 0.230 e. The van der Waals surface area contributed by atoms with Gasteiger partial charge < -0.3 is 15.5 Å². The highest BCUT2D eigenvalue weighted by atomic mass is 16.5. The molecule has 0 aliphatic heterocycles. The first kappa shape index (κ1) is 10.4. The zero-order valence-corrected chi connectivity index (χ0v) is 7.30. The van der Waals surface area contributed by atoms with Gasteiger partial charge in [0.05, 0.1) is 5.41 Å². The van der Waals surface area contributed by atoms with Crippen molar-refractivity contribution in [2.45, 2.75) is 26.6 Å². The van der Waals surface area contributed by atoms with Crippen LogP contribution < -0.4 is 5.32 Å². The summed E-state index contributed by atoms with van der Waals surface area (Å²) in [5, 5.41) is 20.6. The van der Waals surface area contributed by atoms with Gasteiger partial charge in [0.15, 0.2) is 5.79 Å². The smallest absolute Gasteiger partial charge is 0.230 e. The van der Waals surface area contributed by atoms with E-state index in [1.807, 2.05) is 0 Å². The molecule has 0 fully saturated rings. The molecule has 4 heteroatoms. The van der Waals surface area contributed by atoms with Gasteiger partial charge >= 0.3 is 0 Å². The summed E-state index contributed by atoms with van der Waals surface area (Å²) < 4.78 is 0. The first-order chi connectivity index (χ1) is 4.73. The summed E-state index contributed by atoms with van der Waals surface area (Å²) >= 11 is 0. The van der Waals surface area contributed by atoms with E-state index in [0.29, 0.717) is 0 Å². The van der Waals surface area contributed by atoms with Gasteiger partial charge in [0.25, 0.3) is 0 Å². The number of rotatable bonds is 2. The number of hydrogen-bond donors (Lipinski definition) is 3. The molecule has 0 aliphatic rings. The van der Waals surface area contributed by atoms with E-state index in [9.17, 15) is 4.79 Å². The lowest BCUT2D eigenvalue weighted by Gasteiger charge is -2.33. The second-order valence-corrected chi connectivity index (χ2v) is 3.22. The number of carbonyl (C=O) groups excluding carboxylic acids is 1. The Balaban J connectivity index is 4.59. The molecule has 0 rings (SSSR count). The Morgan fingerprint density at radius 2 is 1.64 bits per heavy atom. The van der Waals surface area contributed by atoms with E-state index in [0.717, 1.165) is 0 Å². The van der Waals surface area contributed by atoms with E-state index in [2.05, 4.69) is 5.32 Å². The van der Waals surface area contributed by atoms with Gasteiger partial charge in [-0.25, -0.2) is 0 Å². The van der Waals surface area contributed by atoms with Crippen molar-refractivity contribution < 1.29 is 15.0 Å². The molecule has 1 amide bonds. The molecule has 0 saturated heterocycles. The average Bonchev–Trinajstić information content (AvgIpc) is 1.83. The van der Waals surface area contributed by atoms with E-state index < -0.39 is 17.1 Å². The molecule has 3 N–H and O–H groups in total. The van der Waals surface area contributed by atoms with Crippen LogP contribution in [0.5, 0.6) is 0 Å². The highest BCUT2D eigenvalue weighted by Gasteiger charge is 2.43. The summed E-state index contributed by atoms with van der Waals surface area (Å²) in [6.07, 6.45) is 0. The third-order valence-electron chi connectivity index (χ3n) is 1.98. The molecular formula is C7H15NO3. The molecular weight excluding hydrogens is 146 g/mol. The Bertz CT molecular complexity index is 158. The van der Waals surface area contributed by atoms with Crippen LogP contribution in [-0.2, 0) is 4.79 Å². The SMILES string of the molecule is CNC(=O)C(C)(C)C(C)(O)O. The van der Waals surface area contributed by atoms with Crippen molar-refractivity contribution in [2.75, 3.05) is 7.05 Å². The van der Waals surface area contributed by atoms with E-state index in [1.54, 1.807) is 0 Å². The van der Waals surface area contributed by atoms with Crippen molar-refractivity contribution in [3.63, 3.8) is 0 Å². The average molecular weight is 161 g/mol. The lowest BCUT2D eigenvalue weighted by atomic mass is 9.83. The molecule has 0 aromatic heterocycles. The molecule has 0 aromatic rings. The molecule has 4 nitrogen and oxygen atoms in total. The van der Waals surface area contributed by atoms with Gasteiger partial charge in [-0.3, -0.25) is 4.79 Å². The molecule has 0 spiro atoms. The summed E-state index contributed by atoms with van der Waals surface area (Å²) in [4.78, 5) is 11.0.